The molecule has 0 aromatic carbocycles. The van der Waals surface area contributed by atoms with Crippen LogP contribution in [0.2, 0.25) is 0 Å². The molecule has 1 heterocycles. The zero-order valence-corrected chi connectivity index (χ0v) is 13.2. The summed E-state index contributed by atoms with van der Waals surface area (Å²) < 4.78 is 13.8. The largest absolute Gasteiger partial charge is 0.388 e. The highest BCUT2D eigenvalue weighted by molar-refractivity contribution is 5.26. The minimum absolute atomic E-state index is 0.213. The first kappa shape index (κ1) is 17.0. The van der Waals surface area contributed by atoms with Gasteiger partial charge in [0.2, 0.25) is 0 Å². The van der Waals surface area contributed by atoms with Crippen molar-refractivity contribution in [1.29, 1.82) is 0 Å². The SMILES string of the molecule is C=C1CC(CC(O)C(/C=C\C)=C(\F)CC)CC(C)N1C. The molecule has 0 aliphatic carbocycles. The second kappa shape index (κ2) is 7.63. The van der Waals surface area contributed by atoms with Crippen molar-refractivity contribution in [2.75, 3.05) is 7.05 Å². The van der Waals surface area contributed by atoms with Crippen LogP contribution in [0.3, 0.4) is 0 Å². The molecule has 3 heteroatoms. The molecule has 0 spiro atoms. The molecule has 2 nitrogen and oxygen atoms in total. The van der Waals surface area contributed by atoms with Crippen LogP contribution < -0.4 is 0 Å². The van der Waals surface area contributed by atoms with Crippen molar-refractivity contribution in [1.82, 2.24) is 4.90 Å². The molecule has 3 atom stereocenters. The summed E-state index contributed by atoms with van der Waals surface area (Å²) in [4.78, 5) is 2.19. The zero-order chi connectivity index (χ0) is 15.3. The number of aliphatic hydroxyl groups excluding tert-OH is 1. The van der Waals surface area contributed by atoms with Crippen LogP contribution in [0.25, 0.3) is 0 Å². The zero-order valence-electron chi connectivity index (χ0n) is 13.2. The van der Waals surface area contributed by atoms with Crippen molar-refractivity contribution in [2.45, 2.75) is 58.6 Å². The predicted molar refractivity (Wildman–Crippen MR) is 83.0 cm³/mol. The molecule has 0 radical (unpaired) electrons. The average molecular weight is 281 g/mol. The van der Waals surface area contributed by atoms with E-state index in [1.54, 1.807) is 19.1 Å². The molecule has 1 aliphatic rings. The Hall–Kier alpha value is -1.09. The lowest BCUT2D eigenvalue weighted by Crippen LogP contribution is -2.36. The summed E-state index contributed by atoms with van der Waals surface area (Å²) in [7, 11) is 2.06. The van der Waals surface area contributed by atoms with Crippen LogP contribution in [0.4, 0.5) is 4.39 Å². The molecule has 0 amide bonds. The lowest BCUT2D eigenvalue weighted by Gasteiger charge is -2.39. The molecule has 3 unspecified atom stereocenters. The first-order chi connectivity index (χ1) is 9.40. The summed E-state index contributed by atoms with van der Waals surface area (Å²) >= 11 is 0. The van der Waals surface area contributed by atoms with E-state index in [1.807, 2.05) is 6.92 Å². The number of hydrogen-bond donors (Lipinski definition) is 1. The lowest BCUT2D eigenvalue weighted by atomic mass is 9.84. The molecule has 114 valence electrons. The third kappa shape index (κ3) is 4.20. The quantitative estimate of drug-likeness (QED) is 0.764. The molecular weight excluding hydrogens is 253 g/mol. The Bertz CT molecular complexity index is 400. The van der Waals surface area contributed by atoms with Crippen molar-refractivity contribution in [3.63, 3.8) is 0 Å². The van der Waals surface area contributed by atoms with Crippen molar-refractivity contribution in [2.24, 2.45) is 5.92 Å². The summed E-state index contributed by atoms with van der Waals surface area (Å²) in [6, 6.07) is 0.429. The van der Waals surface area contributed by atoms with Gasteiger partial charge in [0.15, 0.2) is 0 Å². The van der Waals surface area contributed by atoms with Gasteiger partial charge in [0.1, 0.15) is 5.83 Å². The van der Waals surface area contributed by atoms with E-state index < -0.39 is 6.10 Å². The molecule has 1 saturated heterocycles. The number of likely N-dealkylation sites (tertiary alicyclic amines) is 1. The van der Waals surface area contributed by atoms with Crippen molar-refractivity contribution >= 4 is 0 Å². The van der Waals surface area contributed by atoms with Gasteiger partial charge in [0.25, 0.3) is 0 Å². The molecule has 20 heavy (non-hydrogen) atoms. The standard InChI is InChI=1S/C17H28FNO/c1-6-8-15(16(18)7-2)17(20)11-14-9-12(3)19(5)13(4)10-14/h6,8,13-14,17,20H,3,7,9-11H2,1-2,4-5H3/b8-6-,16-15-. The van der Waals surface area contributed by atoms with Crippen molar-refractivity contribution in [3.05, 3.63) is 35.8 Å². The number of hydrogen-bond acceptors (Lipinski definition) is 2. The van der Waals surface area contributed by atoms with Crippen LogP contribution in [0.5, 0.6) is 0 Å². The van der Waals surface area contributed by atoms with Crippen LogP contribution in [0, 0.1) is 5.92 Å². The molecule has 0 bridgehead atoms. The fourth-order valence-corrected chi connectivity index (χ4v) is 2.90. The molecule has 1 aliphatic heterocycles. The first-order valence-electron chi connectivity index (χ1n) is 7.50. The van der Waals surface area contributed by atoms with E-state index in [0.29, 0.717) is 30.4 Å². The summed E-state index contributed by atoms with van der Waals surface area (Å²) in [6.07, 6.45) is 5.58. The van der Waals surface area contributed by atoms with Gasteiger partial charge in [0.05, 0.1) is 6.10 Å². The second-order valence-electron chi connectivity index (χ2n) is 5.80. The van der Waals surface area contributed by atoms with Crippen LogP contribution in [-0.4, -0.2) is 29.2 Å². The van der Waals surface area contributed by atoms with Gasteiger partial charge in [-0.1, -0.05) is 25.7 Å². The maximum atomic E-state index is 13.8. The van der Waals surface area contributed by atoms with E-state index in [9.17, 15) is 9.50 Å². The van der Waals surface area contributed by atoms with Crippen molar-refractivity contribution < 1.29 is 9.50 Å². The van der Waals surface area contributed by atoms with E-state index in [0.717, 1.165) is 18.5 Å². The van der Waals surface area contributed by atoms with E-state index in [1.165, 1.54) is 0 Å². The molecule has 1 N–H and O–H groups in total. The van der Waals surface area contributed by atoms with Gasteiger partial charge >= 0.3 is 0 Å². The van der Waals surface area contributed by atoms with Gasteiger partial charge in [0, 0.05) is 24.4 Å². The Morgan fingerprint density at radius 3 is 2.75 bits per heavy atom. The van der Waals surface area contributed by atoms with E-state index in [2.05, 4.69) is 25.5 Å². The topological polar surface area (TPSA) is 23.5 Å². The van der Waals surface area contributed by atoms with Crippen molar-refractivity contribution in [3.8, 4) is 0 Å². The predicted octanol–water partition coefficient (Wildman–Crippen LogP) is 4.19. The Labute approximate surface area is 122 Å². The van der Waals surface area contributed by atoms with Gasteiger partial charge in [-0.2, -0.15) is 0 Å². The Balaban J connectivity index is 2.74. The normalized spacial score (nSPS) is 26.9. The van der Waals surface area contributed by atoms with E-state index >= 15 is 0 Å². The van der Waals surface area contributed by atoms with E-state index in [4.69, 9.17) is 0 Å². The smallest absolute Gasteiger partial charge is 0.105 e. The minimum atomic E-state index is -0.723. The monoisotopic (exact) mass is 281 g/mol. The molecule has 0 saturated carbocycles. The third-order valence-electron chi connectivity index (χ3n) is 4.24. The van der Waals surface area contributed by atoms with Crippen LogP contribution in [0.1, 0.15) is 46.5 Å². The highest BCUT2D eigenvalue weighted by atomic mass is 19.1. The summed E-state index contributed by atoms with van der Waals surface area (Å²) in [6.45, 7) is 9.86. The second-order valence-corrected chi connectivity index (χ2v) is 5.80. The average Bonchev–Trinajstić information content (AvgIpc) is 2.41. The molecular formula is C17H28FNO. The van der Waals surface area contributed by atoms with Gasteiger partial charge in [-0.3, -0.25) is 0 Å². The number of aliphatic hydroxyl groups is 1. The highest BCUT2D eigenvalue weighted by Gasteiger charge is 2.27. The van der Waals surface area contributed by atoms with Crippen LogP contribution in [0.15, 0.2) is 35.8 Å². The number of allylic oxidation sites excluding steroid dienone is 3. The maximum absolute atomic E-state index is 13.8. The van der Waals surface area contributed by atoms with Gasteiger partial charge < -0.3 is 10.0 Å². The lowest BCUT2D eigenvalue weighted by molar-refractivity contribution is 0.135. The Kier molecular flexibility index (Phi) is 6.47. The van der Waals surface area contributed by atoms with Gasteiger partial charge in [-0.15, -0.1) is 0 Å². The molecule has 0 aromatic heterocycles. The van der Waals surface area contributed by atoms with E-state index in [-0.39, 0.29) is 5.83 Å². The molecule has 0 aromatic rings. The fourth-order valence-electron chi connectivity index (χ4n) is 2.90. The highest BCUT2D eigenvalue weighted by Crippen LogP contribution is 2.33. The van der Waals surface area contributed by atoms with Crippen LogP contribution >= 0.6 is 0 Å². The fraction of sp³-hybridized carbons (Fsp3) is 0.647. The number of piperidine rings is 1. The van der Waals surface area contributed by atoms with Gasteiger partial charge in [-0.25, -0.2) is 4.39 Å². The third-order valence-corrected chi connectivity index (χ3v) is 4.24. The molecule has 1 fully saturated rings. The summed E-state index contributed by atoms with van der Waals surface area (Å²) in [5, 5.41) is 10.3. The maximum Gasteiger partial charge on any atom is 0.105 e. The number of rotatable bonds is 5. The Morgan fingerprint density at radius 1 is 1.60 bits per heavy atom. The summed E-state index contributed by atoms with van der Waals surface area (Å²) in [5.41, 5.74) is 1.54. The molecule has 1 rings (SSSR count). The Morgan fingerprint density at radius 2 is 2.25 bits per heavy atom. The summed E-state index contributed by atoms with van der Waals surface area (Å²) in [5.74, 6) is 0.156. The number of halogens is 1. The number of nitrogens with zero attached hydrogens (tertiary/aromatic N) is 1. The first-order valence-corrected chi connectivity index (χ1v) is 7.50. The van der Waals surface area contributed by atoms with Crippen LogP contribution in [-0.2, 0) is 0 Å². The van der Waals surface area contributed by atoms with Gasteiger partial charge in [-0.05, 0) is 45.4 Å². The minimum Gasteiger partial charge on any atom is -0.388 e.